The molecule has 7 heteroatoms. The number of nitrogens with one attached hydrogen (secondary N) is 1. The second-order valence-corrected chi connectivity index (χ2v) is 5.57. The first-order chi connectivity index (χ1) is 13.1. The molecule has 1 heterocycles. The Hall–Kier alpha value is -3.79. The van der Waals surface area contributed by atoms with E-state index in [0.717, 1.165) is 5.56 Å². The number of benzene rings is 2. The molecule has 0 spiro atoms. The van der Waals surface area contributed by atoms with E-state index >= 15 is 0 Å². The second kappa shape index (κ2) is 7.62. The van der Waals surface area contributed by atoms with Crippen LogP contribution in [0.15, 0.2) is 42.6 Å². The summed E-state index contributed by atoms with van der Waals surface area (Å²) < 4.78 is 15.9. The number of carbonyl (C=O) groups is 1. The molecule has 0 unspecified atom stereocenters. The summed E-state index contributed by atoms with van der Waals surface area (Å²) in [7, 11) is 4.48. The van der Waals surface area contributed by atoms with E-state index in [9.17, 15) is 4.79 Å². The SMILES string of the molecule is COc1cc(C(=O)c2c[nH]c(-c3ccc(C#N)cc3)n2)cc(OC)c1OC. The van der Waals surface area contributed by atoms with Crippen molar-refractivity contribution in [3.63, 3.8) is 0 Å². The number of aromatic nitrogens is 2. The molecule has 7 nitrogen and oxygen atoms in total. The molecule has 0 aliphatic heterocycles. The van der Waals surface area contributed by atoms with E-state index in [0.29, 0.717) is 34.2 Å². The van der Waals surface area contributed by atoms with Crippen molar-refractivity contribution < 1.29 is 19.0 Å². The van der Waals surface area contributed by atoms with Gasteiger partial charge in [0.2, 0.25) is 11.5 Å². The fraction of sp³-hybridized carbons (Fsp3) is 0.150. The Morgan fingerprint density at radius 1 is 1.04 bits per heavy atom. The predicted molar refractivity (Wildman–Crippen MR) is 98.3 cm³/mol. The predicted octanol–water partition coefficient (Wildman–Crippen LogP) is 3.21. The topological polar surface area (TPSA) is 97.2 Å². The molecular weight excluding hydrogens is 346 g/mol. The number of nitrogens with zero attached hydrogens (tertiary/aromatic N) is 2. The first kappa shape index (κ1) is 18.0. The summed E-state index contributed by atoms with van der Waals surface area (Å²) in [6, 6.07) is 12.2. The quantitative estimate of drug-likeness (QED) is 0.676. The molecule has 2 aromatic carbocycles. The van der Waals surface area contributed by atoms with Crippen molar-refractivity contribution in [1.82, 2.24) is 9.97 Å². The molecule has 27 heavy (non-hydrogen) atoms. The van der Waals surface area contributed by atoms with Crippen LogP contribution in [0.4, 0.5) is 0 Å². The van der Waals surface area contributed by atoms with Gasteiger partial charge in [-0.05, 0) is 36.4 Å². The summed E-state index contributed by atoms with van der Waals surface area (Å²) in [6.45, 7) is 0. The normalized spacial score (nSPS) is 10.1. The molecule has 1 N–H and O–H groups in total. The molecule has 0 bridgehead atoms. The Morgan fingerprint density at radius 3 is 2.19 bits per heavy atom. The number of H-pyrrole nitrogens is 1. The van der Waals surface area contributed by atoms with Gasteiger partial charge in [0.15, 0.2) is 11.5 Å². The van der Waals surface area contributed by atoms with Crippen LogP contribution in [0.25, 0.3) is 11.4 Å². The van der Waals surface area contributed by atoms with Gasteiger partial charge in [-0.25, -0.2) is 4.98 Å². The molecule has 0 aliphatic carbocycles. The van der Waals surface area contributed by atoms with Gasteiger partial charge in [-0.15, -0.1) is 0 Å². The van der Waals surface area contributed by atoms with E-state index in [1.807, 2.05) is 0 Å². The number of carbonyl (C=O) groups excluding carboxylic acids is 1. The fourth-order valence-corrected chi connectivity index (χ4v) is 2.65. The number of ketones is 1. The number of ether oxygens (including phenoxy) is 3. The molecule has 0 atom stereocenters. The molecule has 0 saturated carbocycles. The zero-order valence-electron chi connectivity index (χ0n) is 15.1. The van der Waals surface area contributed by atoms with Gasteiger partial charge in [0, 0.05) is 17.3 Å². The third kappa shape index (κ3) is 3.46. The van der Waals surface area contributed by atoms with Crippen LogP contribution in [0.1, 0.15) is 21.6 Å². The van der Waals surface area contributed by atoms with Crippen LogP contribution in [0, 0.1) is 11.3 Å². The minimum Gasteiger partial charge on any atom is -0.493 e. The van der Waals surface area contributed by atoms with Crippen LogP contribution in [-0.2, 0) is 0 Å². The molecule has 136 valence electrons. The van der Waals surface area contributed by atoms with Crippen LogP contribution in [-0.4, -0.2) is 37.1 Å². The highest BCUT2D eigenvalue weighted by Gasteiger charge is 2.20. The van der Waals surface area contributed by atoms with Crippen molar-refractivity contribution >= 4 is 5.78 Å². The largest absolute Gasteiger partial charge is 0.493 e. The number of hydrogen-bond donors (Lipinski definition) is 1. The molecule has 0 amide bonds. The van der Waals surface area contributed by atoms with Gasteiger partial charge < -0.3 is 19.2 Å². The van der Waals surface area contributed by atoms with Gasteiger partial charge in [0.05, 0.1) is 33.0 Å². The van der Waals surface area contributed by atoms with E-state index in [2.05, 4.69) is 16.0 Å². The van der Waals surface area contributed by atoms with Crippen LogP contribution in [0.5, 0.6) is 17.2 Å². The van der Waals surface area contributed by atoms with E-state index in [1.54, 1.807) is 42.6 Å². The third-order valence-corrected chi connectivity index (χ3v) is 4.02. The van der Waals surface area contributed by atoms with Gasteiger partial charge in [-0.2, -0.15) is 5.26 Å². The van der Waals surface area contributed by atoms with Crippen molar-refractivity contribution in [2.75, 3.05) is 21.3 Å². The maximum atomic E-state index is 12.8. The van der Waals surface area contributed by atoms with Gasteiger partial charge in [0.1, 0.15) is 11.5 Å². The van der Waals surface area contributed by atoms with Crippen LogP contribution in [0.2, 0.25) is 0 Å². The Kier molecular flexibility index (Phi) is 5.08. The molecule has 0 saturated heterocycles. The van der Waals surface area contributed by atoms with Gasteiger partial charge in [0.25, 0.3) is 0 Å². The van der Waals surface area contributed by atoms with Crippen molar-refractivity contribution in [1.29, 1.82) is 5.26 Å². The number of rotatable bonds is 6. The Labute approximate surface area is 156 Å². The lowest BCUT2D eigenvalue weighted by atomic mass is 10.1. The maximum absolute atomic E-state index is 12.8. The first-order valence-corrected chi connectivity index (χ1v) is 8.02. The number of aromatic amines is 1. The van der Waals surface area contributed by atoms with E-state index in [1.165, 1.54) is 21.3 Å². The Bertz CT molecular complexity index is 991. The average Bonchev–Trinajstić information content (AvgIpc) is 3.22. The van der Waals surface area contributed by atoms with Crippen LogP contribution in [0.3, 0.4) is 0 Å². The average molecular weight is 363 g/mol. The van der Waals surface area contributed by atoms with Gasteiger partial charge >= 0.3 is 0 Å². The monoisotopic (exact) mass is 363 g/mol. The van der Waals surface area contributed by atoms with Crippen molar-refractivity contribution in [3.05, 3.63) is 59.4 Å². The fourth-order valence-electron chi connectivity index (χ4n) is 2.65. The van der Waals surface area contributed by atoms with Crippen molar-refractivity contribution in [2.45, 2.75) is 0 Å². The third-order valence-electron chi connectivity index (χ3n) is 4.02. The Balaban J connectivity index is 1.95. The number of hydrogen-bond acceptors (Lipinski definition) is 6. The smallest absolute Gasteiger partial charge is 0.213 e. The highest BCUT2D eigenvalue weighted by atomic mass is 16.5. The van der Waals surface area contributed by atoms with Crippen LogP contribution < -0.4 is 14.2 Å². The van der Waals surface area contributed by atoms with Gasteiger partial charge in [-0.3, -0.25) is 4.79 Å². The number of imidazole rings is 1. The molecule has 1 aromatic heterocycles. The number of methoxy groups -OCH3 is 3. The molecular formula is C20H17N3O4. The first-order valence-electron chi connectivity index (χ1n) is 8.02. The van der Waals surface area contributed by atoms with Crippen molar-refractivity contribution in [3.8, 4) is 34.7 Å². The van der Waals surface area contributed by atoms with E-state index in [-0.39, 0.29) is 11.5 Å². The summed E-state index contributed by atoms with van der Waals surface area (Å²) in [5.41, 5.74) is 1.95. The minimum atomic E-state index is -0.287. The standard InChI is InChI=1S/C20H17N3O4/c1-25-16-8-14(9-17(26-2)19(16)27-3)18(24)15-11-22-20(23-15)13-6-4-12(10-21)5-7-13/h4-9,11H,1-3H3,(H,22,23). The lowest BCUT2D eigenvalue weighted by Gasteiger charge is -2.13. The number of nitriles is 1. The zero-order chi connectivity index (χ0) is 19.4. The minimum absolute atomic E-state index is 0.253. The molecule has 0 fully saturated rings. The molecule has 0 aliphatic rings. The van der Waals surface area contributed by atoms with Crippen LogP contribution >= 0.6 is 0 Å². The van der Waals surface area contributed by atoms with Crippen molar-refractivity contribution in [2.24, 2.45) is 0 Å². The molecule has 3 aromatic rings. The molecule has 0 radical (unpaired) electrons. The molecule has 3 rings (SSSR count). The lowest BCUT2D eigenvalue weighted by molar-refractivity contribution is 0.103. The maximum Gasteiger partial charge on any atom is 0.213 e. The van der Waals surface area contributed by atoms with Gasteiger partial charge in [-0.1, -0.05) is 0 Å². The second-order valence-electron chi connectivity index (χ2n) is 5.57. The van der Waals surface area contributed by atoms with E-state index < -0.39 is 0 Å². The summed E-state index contributed by atoms with van der Waals surface area (Å²) in [6.07, 6.45) is 1.54. The summed E-state index contributed by atoms with van der Waals surface area (Å²) in [4.78, 5) is 20.2. The zero-order valence-corrected chi connectivity index (χ0v) is 15.1. The lowest BCUT2D eigenvalue weighted by Crippen LogP contribution is -2.04. The Morgan fingerprint density at radius 2 is 1.67 bits per heavy atom. The summed E-state index contributed by atoms with van der Waals surface area (Å²) in [5.74, 6) is 1.45. The summed E-state index contributed by atoms with van der Waals surface area (Å²) >= 11 is 0. The highest BCUT2D eigenvalue weighted by Crippen LogP contribution is 2.38. The highest BCUT2D eigenvalue weighted by molar-refractivity contribution is 6.08. The summed E-state index contributed by atoms with van der Waals surface area (Å²) in [5, 5.41) is 8.88. The van der Waals surface area contributed by atoms with E-state index in [4.69, 9.17) is 19.5 Å².